The second-order valence-corrected chi connectivity index (χ2v) is 9.01. The molecule has 1 N–H and O–H groups in total. The van der Waals surface area contributed by atoms with Gasteiger partial charge in [0.2, 0.25) is 0 Å². The third kappa shape index (κ3) is 2.76. The highest BCUT2D eigenvalue weighted by atomic mass is 79.9. The Hall–Kier alpha value is 0.340. The highest BCUT2D eigenvalue weighted by molar-refractivity contribution is 9.11. The van der Waals surface area contributed by atoms with Crippen molar-refractivity contribution in [3.05, 3.63) is 14.9 Å². The van der Waals surface area contributed by atoms with Crippen LogP contribution in [0.2, 0.25) is 5.02 Å². The second kappa shape index (κ2) is 5.76. The molecule has 4 nitrogen and oxygen atoms in total. The van der Waals surface area contributed by atoms with Crippen molar-refractivity contribution in [1.29, 1.82) is 0 Å². The molecule has 18 heavy (non-hydrogen) atoms. The zero-order valence-electron chi connectivity index (χ0n) is 9.47. The first kappa shape index (κ1) is 14.7. The lowest BCUT2D eigenvalue weighted by Crippen LogP contribution is -2.45. The van der Waals surface area contributed by atoms with Crippen molar-refractivity contribution in [2.75, 3.05) is 13.2 Å². The standard InChI is InChI=1S/C10H13BrClNO3S2/c11-10-8(12)6-9(17-10)18(15,16)13(4-5-14)7-2-1-3-7/h6-7,14H,1-5H2. The van der Waals surface area contributed by atoms with Crippen LogP contribution in [0.25, 0.3) is 0 Å². The van der Waals surface area contributed by atoms with Gasteiger partial charge in [-0.1, -0.05) is 18.0 Å². The first-order chi connectivity index (χ1) is 8.46. The number of halogens is 2. The third-order valence-electron chi connectivity index (χ3n) is 2.99. The molecule has 1 aromatic heterocycles. The highest BCUT2D eigenvalue weighted by Crippen LogP contribution is 2.38. The maximum Gasteiger partial charge on any atom is 0.252 e. The fraction of sp³-hybridized carbons (Fsp3) is 0.600. The molecule has 0 atom stereocenters. The minimum absolute atomic E-state index is 0.0156. The fourth-order valence-corrected chi connectivity index (χ4v) is 6.05. The second-order valence-electron chi connectivity index (χ2n) is 4.11. The topological polar surface area (TPSA) is 57.6 Å². The monoisotopic (exact) mass is 373 g/mol. The lowest BCUT2D eigenvalue weighted by atomic mass is 9.93. The van der Waals surface area contributed by atoms with Gasteiger partial charge in [0, 0.05) is 12.6 Å². The predicted octanol–water partition coefficient (Wildman–Crippen LogP) is 2.70. The van der Waals surface area contributed by atoms with Crippen LogP contribution >= 0.6 is 38.9 Å². The Morgan fingerprint density at radius 1 is 1.56 bits per heavy atom. The van der Waals surface area contributed by atoms with E-state index in [0.717, 1.165) is 30.6 Å². The van der Waals surface area contributed by atoms with Gasteiger partial charge in [-0.3, -0.25) is 0 Å². The Labute approximate surface area is 124 Å². The normalized spacial score (nSPS) is 17.1. The van der Waals surface area contributed by atoms with E-state index < -0.39 is 10.0 Å². The summed E-state index contributed by atoms with van der Waals surface area (Å²) in [5.41, 5.74) is 0. The van der Waals surface area contributed by atoms with Gasteiger partial charge < -0.3 is 5.11 Å². The van der Waals surface area contributed by atoms with Gasteiger partial charge in [-0.15, -0.1) is 11.3 Å². The summed E-state index contributed by atoms with van der Waals surface area (Å²) in [4.78, 5) is 0. The Morgan fingerprint density at radius 2 is 2.22 bits per heavy atom. The van der Waals surface area contributed by atoms with Gasteiger partial charge in [0.1, 0.15) is 4.21 Å². The van der Waals surface area contributed by atoms with Crippen LogP contribution < -0.4 is 0 Å². The van der Waals surface area contributed by atoms with Gasteiger partial charge >= 0.3 is 0 Å². The summed E-state index contributed by atoms with van der Waals surface area (Å²) in [6, 6.07) is 1.47. The van der Waals surface area contributed by atoms with Gasteiger partial charge in [0.15, 0.2) is 0 Å². The van der Waals surface area contributed by atoms with E-state index in [1.807, 2.05) is 0 Å². The minimum Gasteiger partial charge on any atom is -0.395 e. The lowest BCUT2D eigenvalue weighted by molar-refractivity contribution is 0.178. The smallest absolute Gasteiger partial charge is 0.252 e. The lowest BCUT2D eigenvalue weighted by Gasteiger charge is -2.35. The van der Waals surface area contributed by atoms with Crippen molar-refractivity contribution in [1.82, 2.24) is 4.31 Å². The molecule has 1 aromatic rings. The summed E-state index contributed by atoms with van der Waals surface area (Å²) < 4.78 is 27.2. The number of thiophene rings is 1. The minimum atomic E-state index is -3.55. The van der Waals surface area contributed by atoms with Crippen LogP contribution in [-0.4, -0.2) is 37.0 Å². The van der Waals surface area contributed by atoms with E-state index in [4.69, 9.17) is 16.7 Å². The van der Waals surface area contributed by atoms with E-state index in [0.29, 0.717) is 8.81 Å². The van der Waals surface area contributed by atoms with E-state index in [2.05, 4.69) is 15.9 Å². The molecular weight excluding hydrogens is 362 g/mol. The molecule has 1 aliphatic carbocycles. The van der Waals surface area contributed by atoms with E-state index in [1.54, 1.807) is 0 Å². The summed E-state index contributed by atoms with van der Waals surface area (Å²) in [6.45, 7) is -0.0316. The van der Waals surface area contributed by atoms with Crippen molar-refractivity contribution in [2.45, 2.75) is 29.5 Å². The maximum atomic E-state index is 12.5. The van der Waals surface area contributed by atoms with E-state index in [-0.39, 0.29) is 23.4 Å². The summed E-state index contributed by atoms with van der Waals surface area (Å²) in [5.74, 6) is 0. The first-order valence-corrected chi connectivity index (χ1v) is 8.97. The van der Waals surface area contributed by atoms with Crippen molar-refractivity contribution in [2.24, 2.45) is 0 Å². The fourth-order valence-electron chi connectivity index (χ4n) is 1.84. The molecule has 0 bridgehead atoms. The number of hydrogen-bond donors (Lipinski definition) is 1. The molecule has 0 saturated heterocycles. The van der Waals surface area contributed by atoms with Crippen LogP contribution in [0.3, 0.4) is 0 Å². The zero-order valence-corrected chi connectivity index (χ0v) is 13.4. The summed E-state index contributed by atoms with van der Waals surface area (Å²) in [6.07, 6.45) is 2.76. The molecule has 2 rings (SSSR count). The molecule has 1 aliphatic rings. The van der Waals surface area contributed by atoms with E-state index in [9.17, 15) is 8.42 Å². The average Bonchev–Trinajstić information content (AvgIpc) is 2.57. The average molecular weight is 375 g/mol. The van der Waals surface area contributed by atoms with Crippen molar-refractivity contribution in [3.63, 3.8) is 0 Å². The van der Waals surface area contributed by atoms with Crippen LogP contribution in [0.4, 0.5) is 0 Å². The number of aliphatic hydroxyl groups excluding tert-OH is 1. The molecule has 1 fully saturated rings. The van der Waals surface area contributed by atoms with Crippen molar-refractivity contribution in [3.8, 4) is 0 Å². The van der Waals surface area contributed by atoms with Gasteiger partial charge in [-0.05, 0) is 34.8 Å². The molecule has 0 radical (unpaired) electrons. The predicted molar refractivity (Wildman–Crippen MR) is 75.6 cm³/mol. The number of aliphatic hydroxyl groups is 1. The maximum absolute atomic E-state index is 12.5. The molecule has 8 heteroatoms. The number of nitrogens with zero attached hydrogens (tertiary/aromatic N) is 1. The molecule has 102 valence electrons. The summed E-state index contributed by atoms with van der Waals surface area (Å²) >= 11 is 10.2. The van der Waals surface area contributed by atoms with Gasteiger partial charge in [0.25, 0.3) is 10.0 Å². The first-order valence-electron chi connectivity index (χ1n) is 5.54. The Kier molecular flexibility index (Phi) is 4.72. The SMILES string of the molecule is O=S(=O)(c1cc(Cl)c(Br)s1)N(CCO)C1CCC1. The van der Waals surface area contributed by atoms with Crippen LogP contribution in [-0.2, 0) is 10.0 Å². The number of sulfonamides is 1. The quantitative estimate of drug-likeness (QED) is 0.862. The third-order valence-corrected chi connectivity index (χ3v) is 7.86. The Balaban J connectivity index is 2.32. The summed E-state index contributed by atoms with van der Waals surface area (Å²) in [5, 5.41) is 9.44. The number of rotatable bonds is 5. The van der Waals surface area contributed by atoms with Crippen molar-refractivity contribution >= 4 is 48.9 Å². The van der Waals surface area contributed by atoms with Crippen LogP contribution in [0.5, 0.6) is 0 Å². The Morgan fingerprint density at radius 3 is 2.61 bits per heavy atom. The van der Waals surface area contributed by atoms with Crippen molar-refractivity contribution < 1.29 is 13.5 Å². The molecule has 0 aromatic carbocycles. The molecule has 1 heterocycles. The van der Waals surface area contributed by atoms with Crippen LogP contribution in [0.1, 0.15) is 19.3 Å². The van der Waals surface area contributed by atoms with E-state index >= 15 is 0 Å². The molecule has 0 aliphatic heterocycles. The van der Waals surface area contributed by atoms with Gasteiger partial charge in [-0.2, -0.15) is 4.31 Å². The van der Waals surface area contributed by atoms with Gasteiger partial charge in [-0.25, -0.2) is 8.42 Å². The largest absolute Gasteiger partial charge is 0.395 e. The molecule has 0 amide bonds. The molecule has 0 unspecified atom stereocenters. The van der Waals surface area contributed by atoms with Gasteiger partial charge in [0.05, 0.1) is 15.4 Å². The Bertz CT molecular complexity index is 508. The summed E-state index contributed by atoms with van der Waals surface area (Å²) in [7, 11) is -3.55. The van der Waals surface area contributed by atoms with Crippen LogP contribution in [0.15, 0.2) is 14.1 Å². The van der Waals surface area contributed by atoms with E-state index in [1.165, 1.54) is 10.4 Å². The molecule has 1 saturated carbocycles. The molecule has 0 spiro atoms. The highest BCUT2D eigenvalue weighted by Gasteiger charge is 2.35. The zero-order chi connectivity index (χ0) is 13.3. The molecular formula is C10H13BrClNO3S2. The van der Waals surface area contributed by atoms with Crippen LogP contribution in [0, 0.1) is 0 Å². The number of hydrogen-bond acceptors (Lipinski definition) is 4.